The lowest BCUT2D eigenvalue weighted by molar-refractivity contribution is -0.116. The van der Waals surface area contributed by atoms with Gasteiger partial charge in [-0.2, -0.15) is 0 Å². The quantitative estimate of drug-likeness (QED) is 0.720. The molecule has 2 rings (SSSR count). The molecule has 0 unspecified atom stereocenters. The van der Waals surface area contributed by atoms with Gasteiger partial charge in [0.15, 0.2) is 11.5 Å². The zero-order valence-electron chi connectivity index (χ0n) is 14.9. The van der Waals surface area contributed by atoms with Gasteiger partial charge in [-0.05, 0) is 19.1 Å². The Morgan fingerprint density at radius 3 is 2.19 bits per heavy atom. The van der Waals surface area contributed by atoms with Gasteiger partial charge < -0.3 is 24.8 Å². The second-order valence-electron chi connectivity index (χ2n) is 5.37. The van der Waals surface area contributed by atoms with Gasteiger partial charge in [-0.15, -0.1) is 0 Å². The first-order valence-electron chi connectivity index (χ1n) is 7.72. The van der Waals surface area contributed by atoms with E-state index in [1.807, 2.05) is 0 Å². The monoisotopic (exact) mass is 398 g/mol. The van der Waals surface area contributed by atoms with E-state index in [0.717, 1.165) is 0 Å². The normalized spacial score (nSPS) is 11.5. The summed E-state index contributed by atoms with van der Waals surface area (Å²) in [6, 6.07) is 7.92. The molecule has 0 bridgehead atoms. The van der Waals surface area contributed by atoms with Gasteiger partial charge in [0.2, 0.25) is 11.7 Å². The molecule has 0 saturated carbocycles. The Balaban J connectivity index is 2.17. The van der Waals surface area contributed by atoms with Crippen LogP contribution in [0.3, 0.4) is 0 Å². The molecule has 0 heterocycles. The topological polar surface area (TPSA) is 68.8 Å². The van der Waals surface area contributed by atoms with E-state index in [-0.39, 0.29) is 5.91 Å². The first-order chi connectivity index (χ1) is 12.4. The summed E-state index contributed by atoms with van der Waals surface area (Å²) in [6.07, 6.45) is 0. The third kappa shape index (κ3) is 4.45. The Bertz CT molecular complexity index is 774. The number of benzene rings is 2. The Morgan fingerprint density at radius 2 is 1.65 bits per heavy atom. The number of halogens is 2. The fourth-order valence-corrected chi connectivity index (χ4v) is 2.67. The van der Waals surface area contributed by atoms with E-state index in [4.69, 9.17) is 37.4 Å². The Morgan fingerprint density at radius 1 is 1.04 bits per heavy atom. The van der Waals surface area contributed by atoms with Crippen LogP contribution in [0.4, 0.5) is 11.4 Å². The minimum Gasteiger partial charge on any atom is -0.493 e. The van der Waals surface area contributed by atoms with Crippen molar-refractivity contribution in [3.05, 3.63) is 40.4 Å². The SMILES string of the molecule is COc1cc(N[C@@H](C)C(=O)Nc2cccc(Cl)c2Cl)cc(OC)c1OC. The lowest BCUT2D eigenvalue weighted by atomic mass is 10.2. The molecule has 8 heteroatoms. The highest BCUT2D eigenvalue weighted by atomic mass is 35.5. The number of hydrogen-bond acceptors (Lipinski definition) is 5. The zero-order valence-corrected chi connectivity index (χ0v) is 16.4. The molecule has 6 nitrogen and oxygen atoms in total. The summed E-state index contributed by atoms with van der Waals surface area (Å²) in [5.41, 5.74) is 1.09. The van der Waals surface area contributed by atoms with Crippen LogP contribution >= 0.6 is 23.2 Å². The molecule has 1 atom stereocenters. The third-order valence-electron chi connectivity index (χ3n) is 3.65. The van der Waals surface area contributed by atoms with Crippen LogP contribution in [0.5, 0.6) is 17.2 Å². The number of carbonyl (C=O) groups is 1. The predicted octanol–water partition coefficient (Wildman–Crippen LogP) is 4.46. The second-order valence-corrected chi connectivity index (χ2v) is 6.16. The van der Waals surface area contributed by atoms with Crippen LogP contribution in [0.1, 0.15) is 6.92 Å². The molecule has 0 aliphatic heterocycles. The Labute approximate surface area is 162 Å². The largest absolute Gasteiger partial charge is 0.493 e. The number of nitrogens with one attached hydrogen (secondary N) is 2. The van der Waals surface area contributed by atoms with Gasteiger partial charge >= 0.3 is 0 Å². The number of amides is 1. The summed E-state index contributed by atoms with van der Waals surface area (Å²) in [6.45, 7) is 1.72. The summed E-state index contributed by atoms with van der Waals surface area (Å²) in [5.74, 6) is 1.17. The van der Waals surface area contributed by atoms with Gasteiger partial charge in [-0.3, -0.25) is 4.79 Å². The molecule has 0 radical (unpaired) electrons. The molecule has 0 aliphatic carbocycles. The predicted molar refractivity (Wildman–Crippen MR) is 104 cm³/mol. The maximum atomic E-state index is 12.4. The molecule has 1 amide bonds. The van der Waals surface area contributed by atoms with Crippen molar-refractivity contribution in [2.24, 2.45) is 0 Å². The summed E-state index contributed by atoms with van der Waals surface area (Å²) < 4.78 is 15.9. The average molecular weight is 399 g/mol. The molecular weight excluding hydrogens is 379 g/mol. The van der Waals surface area contributed by atoms with Crippen molar-refractivity contribution in [1.29, 1.82) is 0 Å². The van der Waals surface area contributed by atoms with Crippen LogP contribution in [0.25, 0.3) is 0 Å². The molecule has 2 aromatic carbocycles. The van der Waals surface area contributed by atoms with Crippen molar-refractivity contribution >= 4 is 40.5 Å². The Kier molecular flexibility index (Phi) is 6.83. The maximum Gasteiger partial charge on any atom is 0.246 e. The maximum absolute atomic E-state index is 12.4. The van der Waals surface area contributed by atoms with Crippen LogP contribution in [0.2, 0.25) is 10.0 Å². The number of ether oxygens (including phenoxy) is 3. The highest BCUT2D eigenvalue weighted by molar-refractivity contribution is 6.44. The Hall–Kier alpha value is -2.31. The number of methoxy groups -OCH3 is 3. The van der Waals surface area contributed by atoms with Crippen molar-refractivity contribution in [2.75, 3.05) is 32.0 Å². The lowest BCUT2D eigenvalue weighted by Crippen LogP contribution is -2.32. The van der Waals surface area contributed by atoms with Gasteiger partial charge in [0, 0.05) is 17.8 Å². The van der Waals surface area contributed by atoms with Crippen molar-refractivity contribution in [2.45, 2.75) is 13.0 Å². The molecule has 0 saturated heterocycles. The highest BCUT2D eigenvalue weighted by Crippen LogP contribution is 2.40. The number of hydrogen-bond donors (Lipinski definition) is 2. The lowest BCUT2D eigenvalue weighted by Gasteiger charge is -2.19. The zero-order chi connectivity index (χ0) is 19.3. The van der Waals surface area contributed by atoms with Crippen LogP contribution in [0.15, 0.2) is 30.3 Å². The van der Waals surface area contributed by atoms with Crippen LogP contribution in [-0.4, -0.2) is 33.3 Å². The molecule has 2 N–H and O–H groups in total. The van der Waals surface area contributed by atoms with E-state index < -0.39 is 6.04 Å². The van der Waals surface area contributed by atoms with Crippen molar-refractivity contribution in [1.82, 2.24) is 0 Å². The van der Waals surface area contributed by atoms with E-state index in [1.54, 1.807) is 37.3 Å². The van der Waals surface area contributed by atoms with Gasteiger partial charge in [-0.1, -0.05) is 29.3 Å². The molecule has 0 aromatic heterocycles. The van der Waals surface area contributed by atoms with E-state index in [9.17, 15) is 4.79 Å². The minimum absolute atomic E-state index is 0.275. The minimum atomic E-state index is -0.562. The van der Waals surface area contributed by atoms with Crippen LogP contribution in [0, 0.1) is 0 Å². The van der Waals surface area contributed by atoms with E-state index in [1.165, 1.54) is 21.3 Å². The van der Waals surface area contributed by atoms with Crippen LogP contribution in [-0.2, 0) is 4.79 Å². The number of carbonyl (C=O) groups excluding carboxylic acids is 1. The number of anilines is 2. The smallest absolute Gasteiger partial charge is 0.246 e. The summed E-state index contributed by atoms with van der Waals surface area (Å²) in [7, 11) is 4.58. The number of rotatable bonds is 7. The second kappa shape index (κ2) is 8.87. The standard InChI is InChI=1S/C18H20Cl2N2O4/c1-10(18(23)22-13-7-5-6-12(19)16(13)20)21-11-8-14(24-2)17(26-4)15(9-11)25-3/h5-10,21H,1-4H3,(H,22,23)/t10-/m0/s1. The first-order valence-corrected chi connectivity index (χ1v) is 8.48. The summed E-state index contributed by atoms with van der Waals surface area (Å²) in [5, 5.41) is 6.50. The third-order valence-corrected chi connectivity index (χ3v) is 4.47. The molecule has 0 fully saturated rings. The summed E-state index contributed by atoms with van der Waals surface area (Å²) in [4.78, 5) is 12.4. The molecular formula is C18H20Cl2N2O4. The van der Waals surface area contributed by atoms with Crippen molar-refractivity contribution < 1.29 is 19.0 Å². The van der Waals surface area contributed by atoms with Gasteiger partial charge in [0.05, 0.1) is 37.1 Å². The average Bonchev–Trinajstić information content (AvgIpc) is 2.64. The van der Waals surface area contributed by atoms with E-state index in [2.05, 4.69) is 10.6 Å². The molecule has 2 aromatic rings. The van der Waals surface area contributed by atoms with Gasteiger partial charge in [0.25, 0.3) is 0 Å². The fraction of sp³-hybridized carbons (Fsp3) is 0.278. The first kappa shape index (κ1) is 20.0. The van der Waals surface area contributed by atoms with E-state index in [0.29, 0.717) is 38.7 Å². The molecule has 140 valence electrons. The molecule has 0 spiro atoms. The van der Waals surface area contributed by atoms with Crippen molar-refractivity contribution in [3.63, 3.8) is 0 Å². The highest BCUT2D eigenvalue weighted by Gasteiger charge is 2.18. The van der Waals surface area contributed by atoms with Gasteiger partial charge in [0.1, 0.15) is 6.04 Å². The van der Waals surface area contributed by atoms with E-state index >= 15 is 0 Å². The fourth-order valence-electron chi connectivity index (χ4n) is 2.32. The molecule has 26 heavy (non-hydrogen) atoms. The molecule has 0 aliphatic rings. The van der Waals surface area contributed by atoms with Crippen molar-refractivity contribution in [3.8, 4) is 17.2 Å². The van der Waals surface area contributed by atoms with Crippen LogP contribution < -0.4 is 24.8 Å². The summed E-state index contributed by atoms with van der Waals surface area (Å²) >= 11 is 12.1. The van der Waals surface area contributed by atoms with Gasteiger partial charge in [-0.25, -0.2) is 0 Å².